The Morgan fingerprint density at radius 3 is 2.90 bits per heavy atom. The Hall–Kier alpha value is -1.33. The summed E-state index contributed by atoms with van der Waals surface area (Å²) in [4.78, 5) is 4.77. The van der Waals surface area contributed by atoms with Gasteiger partial charge >= 0.3 is 0 Å². The van der Waals surface area contributed by atoms with E-state index < -0.39 is 0 Å². The van der Waals surface area contributed by atoms with Crippen LogP contribution in [0.1, 0.15) is 24.0 Å². The summed E-state index contributed by atoms with van der Waals surface area (Å²) in [6.45, 7) is 2.94. The van der Waals surface area contributed by atoms with Crippen LogP contribution in [0, 0.1) is 0 Å². The highest BCUT2D eigenvalue weighted by Gasteiger charge is 2.18. The van der Waals surface area contributed by atoms with Gasteiger partial charge in [0.1, 0.15) is 11.3 Å². The van der Waals surface area contributed by atoms with Gasteiger partial charge < -0.3 is 4.57 Å². The largest absolute Gasteiger partial charge is 0.308 e. The number of thiophene rings is 1. The van der Waals surface area contributed by atoms with Gasteiger partial charge in [0, 0.05) is 19.3 Å². The topological polar surface area (TPSA) is 35.6 Å². The zero-order valence-electron chi connectivity index (χ0n) is 11.6. The number of halogens is 1. The number of aryl methyl sites for hydroxylation is 3. The monoisotopic (exact) mass is 308 g/mol. The average Bonchev–Trinajstić information content (AvgIpc) is 3.11. The van der Waals surface area contributed by atoms with Gasteiger partial charge in [-0.15, -0.1) is 11.6 Å². The molecular formula is C14H17ClN4S. The fraction of sp³-hybridized carbons (Fsp3) is 0.429. The Kier molecular flexibility index (Phi) is 3.81. The lowest BCUT2D eigenvalue weighted by Gasteiger charge is -2.07. The SMILES string of the molecule is CCc1nn(C)c2c1nc(CCCl)n2Cc1ccsc1. The van der Waals surface area contributed by atoms with E-state index in [2.05, 4.69) is 33.4 Å². The molecule has 0 aliphatic heterocycles. The maximum Gasteiger partial charge on any atom is 0.158 e. The van der Waals surface area contributed by atoms with Crippen LogP contribution in [0.5, 0.6) is 0 Å². The van der Waals surface area contributed by atoms with Crippen molar-refractivity contribution in [3.8, 4) is 0 Å². The highest BCUT2D eigenvalue weighted by molar-refractivity contribution is 7.07. The standard InChI is InChI=1S/C14H17ClN4S/c1-3-11-13-14(18(2)17-11)19(12(16-13)4-6-15)8-10-5-7-20-9-10/h5,7,9H,3-4,6,8H2,1-2H3. The van der Waals surface area contributed by atoms with Crippen LogP contribution in [0.2, 0.25) is 0 Å². The molecule has 0 saturated carbocycles. The Bertz CT molecular complexity index is 711. The Morgan fingerprint density at radius 1 is 1.40 bits per heavy atom. The molecule has 0 aromatic carbocycles. The first-order chi connectivity index (χ1) is 9.74. The average molecular weight is 309 g/mol. The minimum absolute atomic E-state index is 0.585. The van der Waals surface area contributed by atoms with E-state index in [4.69, 9.17) is 16.6 Å². The van der Waals surface area contributed by atoms with E-state index in [1.165, 1.54) is 5.56 Å². The first kappa shape index (κ1) is 13.6. The molecule has 0 unspecified atom stereocenters. The lowest BCUT2D eigenvalue weighted by molar-refractivity contribution is 0.689. The van der Waals surface area contributed by atoms with E-state index >= 15 is 0 Å². The second kappa shape index (κ2) is 5.58. The second-order valence-electron chi connectivity index (χ2n) is 4.78. The van der Waals surface area contributed by atoms with Crippen LogP contribution < -0.4 is 0 Å². The Morgan fingerprint density at radius 2 is 2.25 bits per heavy atom. The zero-order valence-corrected chi connectivity index (χ0v) is 13.2. The third-order valence-corrected chi connectivity index (χ3v) is 4.37. The number of rotatable bonds is 5. The highest BCUT2D eigenvalue weighted by atomic mass is 35.5. The van der Waals surface area contributed by atoms with Crippen molar-refractivity contribution in [2.45, 2.75) is 26.3 Å². The molecule has 3 aromatic heterocycles. The number of fused-ring (bicyclic) bond motifs is 1. The van der Waals surface area contributed by atoms with Crippen molar-refractivity contribution in [3.63, 3.8) is 0 Å². The number of aromatic nitrogens is 4. The highest BCUT2D eigenvalue weighted by Crippen LogP contribution is 2.22. The lowest BCUT2D eigenvalue weighted by atomic mass is 10.3. The number of hydrogen-bond donors (Lipinski definition) is 0. The number of imidazole rings is 1. The Labute approximate surface area is 127 Å². The summed E-state index contributed by atoms with van der Waals surface area (Å²) >= 11 is 7.64. The van der Waals surface area contributed by atoms with E-state index in [-0.39, 0.29) is 0 Å². The van der Waals surface area contributed by atoms with Crippen LogP contribution >= 0.6 is 22.9 Å². The maximum absolute atomic E-state index is 5.92. The van der Waals surface area contributed by atoms with Crippen molar-refractivity contribution in [1.82, 2.24) is 19.3 Å². The van der Waals surface area contributed by atoms with Gasteiger partial charge in [-0.25, -0.2) is 4.98 Å². The van der Waals surface area contributed by atoms with E-state index in [0.29, 0.717) is 5.88 Å². The first-order valence-corrected chi connectivity index (χ1v) is 8.20. The number of hydrogen-bond acceptors (Lipinski definition) is 3. The molecule has 0 fully saturated rings. The molecule has 20 heavy (non-hydrogen) atoms. The molecule has 3 heterocycles. The van der Waals surface area contributed by atoms with Gasteiger partial charge in [-0.2, -0.15) is 16.4 Å². The number of alkyl halides is 1. The van der Waals surface area contributed by atoms with Gasteiger partial charge in [-0.05, 0) is 28.8 Å². The maximum atomic E-state index is 5.92. The van der Waals surface area contributed by atoms with Crippen molar-refractivity contribution in [3.05, 3.63) is 33.9 Å². The summed E-state index contributed by atoms with van der Waals surface area (Å²) in [5.41, 5.74) is 4.46. The second-order valence-corrected chi connectivity index (χ2v) is 5.94. The molecule has 106 valence electrons. The van der Waals surface area contributed by atoms with Crippen molar-refractivity contribution < 1.29 is 0 Å². The Balaban J connectivity index is 2.15. The molecule has 3 aromatic rings. The molecule has 4 nitrogen and oxygen atoms in total. The minimum Gasteiger partial charge on any atom is -0.308 e. The first-order valence-electron chi connectivity index (χ1n) is 6.72. The predicted octanol–water partition coefficient (Wildman–Crippen LogP) is 3.22. The van der Waals surface area contributed by atoms with Crippen LogP contribution in [0.15, 0.2) is 16.8 Å². The molecule has 0 aliphatic rings. The molecule has 0 bridgehead atoms. The molecule has 0 amide bonds. The van der Waals surface area contributed by atoms with Crippen molar-refractivity contribution in [2.24, 2.45) is 7.05 Å². The van der Waals surface area contributed by atoms with Gasteiger partial charge in [0.15, 0.2) is 5.65 Å². The van der Waals surface area contributed by atoms with Crippen LogP contribution in [-0.2, 0) is 26.4 Å². The van der Waals surface area contributed by atoms with E-state index in [0.717, 1.165) is 42.1 Å². The van der Waals surface area contributed by atoms with Crippen LogP contribution in [-0.4, -0.2) is 25.2 Å². The van der Waals surface area contributed by atoms with Gasteiger partial charge in [-0.3, -0.25) is 4.68 Å². The molecule has 0 spiro atoms. The van der Waals surface area contributed by atoms with Crippen LogP contribution in [0.3, 0.4) is 0 Å². The van der Waals surface area contributed by atoms with Gasteiger partial charge in [0.2, 0.25) is 0 Å². The predicted molar refractivity (Wildman–Crippen MR) is 83.7 cm³/mol. The van der Waals surface area contributed by atoms with E-state index in [1.54, 1.807) is 11.3 Å². The van der Waals surface area contributed by atoms with E-state index in [1.807, 2.05) is 11.7 Å². The van der Waals surface area contributed by atoms with Crippen LogP contribution in [0.4, 0.5) is 0 Å². The van der Waals surface area contributed by atoms with E-state index in [9.17, 15) is 0 Å². The summed E-state index contributed by atoms with van der Waals surface area (Å²) in [6.07, 6.45) is 1.68. The lowest BCUT2D eigenvalue weighted by Crippen LogP contribution is -2.08. The fourth-order valence-corrected chi connectivity index (χ4v) is 3.36. The summed E-state index contributed by atoms with van der Waals surface area (Å²) in [6, 6.07) is 2.15. The molecular weight excluding hydrogens is 292 g/mol. The molecule has 0 aliphatic carbocycles. The molecule has 3 rings (SSSR count). The third kappa shape index (κ3) is 2.25. The zero-order chi connectivity index (χ0) is 14.1. The third-order valence-electron chi connectivity index (χ3n) is 3.44. The summed E-state index contributed by atoms with van der Waals surface area (Å²) in [5, 5.41) is 8.84. The summed E-state index contributed by atoms with van der Waals surface area (Å²) in [5.74, 6) is 1.63. The van der Waals surface area contributed by atoms with Crippen molar-refractivity contribution >= 4 is 34.1 Å². The quantitative estimate of drug-likeness (QED) is 0.678. The molecule has 0 radical (unpaired) electrons. The smallest absolute Gasteiger partial charge is 0.158 e. The van der Waals surface area contributed by atoms with Crippen molar-refractivity contribution in [1.29, 1.82) is 0 Å². The van der Waals surface area contributed by atoms with Crippen molar-refractivity contribution in [2.75, 3.05) is 5.88 Å². The summed E-state index contributed by atoms with van der Waals surface area (Å²) in [7, 11) is 1.98. The minimum atomic E-state index is 0.585. The van der Waals surface area contributed by atoms with Gasteiger partial charge in [0.25, 0.3) is 0 Å². The molecule has 0 atom stereocenters. The number of nitrogens with zero attached hydrogens (tertiary/aromatic N) is 4. The normalized spacial score (nSPS) is 11.6. The molecule has 6 heteroatoms. The van der Waals surface area contributed by atoms with Gasteiger partial charge in [0.05, 0.1) is 12.2 Å². The molecule has 0 N–H and O–H groups in total. The van der Waals surface area contributed by atoms with Gasteiger partial charge in [-0.1, -0.05) is 6.92 Å². The summed E-state index contributed by atoms with van der Waals surface area (Å²) < 4.78 is 4.18. The van der Waals surface area contributed by atoms with Crippen LogP contribution in [0.25, 0.3) is 11.2 Å². The fourth-order valence-electron chi connectivity index (χ4n) is 2.53. The molecule has 0 saturated heterocycles.